The van der Waals surface area contributed by atoms with Crippen molar-refractivity contribution in [3.63, 3.8) is 0 Å². The van der Waals surface area contributed by atoms with Gasteiger partial charge in [-0.25, -0.2) is 0 Å². The van der Waals surface area contributed by atoms with Crippen LogP contribution in [0.5, 0.6) is 0 Å². The summed E-state index contributed by atoms with van der Waals surface area (Å²) in [6.07, 6.45) is 0. The Hall–Kier alpha value is -1.39. The maximum atomic E-state index is 12.8. The lowest BCUT2D eigenvalue weighted by Crippen LogP contribution is -2.36. The first-order valence-corrected chi connectivity index (χ1v) is 8.17. The van der Waals surface area contributed by atoms with Crippen molar-refractivity contribution < 1.29 is 15.0 Å². The van der Waals surface area contributed by atoms with E-state index in [0.29, 0.717) is 5.56 Å². The zero-order chi connectivity index (χ0) is 17.8. The van der Waals surface area contributed by atoms with Gasteiger partial charge in [0.05, 0.1) is 13.2 Å². The maximum absolute atomic E-state index is 12.8. The van der Waals surface area contributed by atoms with Gasteiger partial charge in [0.1, 0.15) is 0 Å². The van der Waals surface area contributed by atoms with Crippen molar-refractivity contribution in [1.29, 1.82) is 0 Å². The van der Waals surface area contributed by atoms with Gasteiger partial charge in [-0.1, -0.05) is 47.6 Å². The summed E-state index contributed by atoms with van der Waals surface area (Å²) in [6.45, 7) is 13.0. The fourth-order valence-corrected chi connectivity index (χ4v) is 2.36. The van der Waals surface area contributed by atoms with Gasteiger partial charge in [0.15, 0.2) is 0 Å². The van der Waals surface area contributed by atoms with E-state index >= 15 is 0 Å². The second-order valence-electron chi connectivity index (χ2n) is 8.04. The molecule has 1 aromatic carbocycles. The third-order valence-corrected chi connectivity index (χ3v) is 3.94. The molecule has 4 nitrogen and oxygen atoms in total. The van der Waals surface area contributed by atoms with E-state index in [1.165, 1.54) is 4.90 Å². The number of aliphatic hydroxyl groups excluding tert-OH is 2. The molecular weight excluding hydrogens is 290 g/mol. The number of hydrogen-bond acceptors (Lipinski definition) is 3. The van der Waals surface area contributed by atoms with Crippen molar-refractivity contribution in [2.24, 2.45) is 0 Å². The Kier molecular flexibility index (Phi) is 6.37. The van der Waals surface area contributed by atoms with Crippen molar-refractivity contribution in [3.05, 3.63) is 34.9 Å². The van der Waals surface area contributed by atoms with E-state index < -0.39 is 0 Å². The molecule has 1 amide bonds. The number of aliphatic hydroxyl groups is 2. The molecule has 0 aliphatic rings. The molecule has 0 saturated heterocycles. The van der Waals surface area contributed by atoms with Crippen molar-refractivity contribution in [2.75, 3.05) is 26.3 Å². The van der Waals surface area contributed by atoms with E-state index in [2.05, 4.69) is 47.6 Å². The fraction of sp³-hybridized carbons (Fsp3) is 0.632. The SMILES string of the molecule is CC(C)(C)c1cc(C(=O)N(CCO)CCO)cc(C(C)(C)C)c1. The highest BCUT2D eigenvalue weighted by atomic mass is 16.3. The highest BCUT2D eigenvalue weighted by Crippen LogP contribution is 2.30. The van der Waals surface area contributed by atoms with Crippen LogP contribution < -0.4 is 0 Å². The van der Waals surface area contributed by atoms with Crippen LogP contribution in [0.2, 0.25) is 0 Å². The summed E-state index contributed by atoms with van der Waals surface area (Å²) >= 11 is 0. The molecule has 0 aliphatic carbocycles. The predicted molar refractivity (Wildman–Crippen MR) is 93.9 cm³/mol. The molecule has 2 N–H and O–H groups in total. The molecule has 0 unspecified atom stereocenters. The van der Waals surface area contributed by atoms with Gasteiger partial charge in [0, 0.05) is 18.7 Å². The normalized spacial score (nSPS) is 12.3. The summed E-state index contributed by atoms with van der Waals surface area (Å²) in [5.41, 5.74) is 2.72. The van der Waals surface area contributed by atoms with Gasteiger partial charge < -0.3 is 15.1 Å². The molecular formula is C19H31NO3. The number of hydrogen-bond donors (Lipinski definition) is 2. The summed E-state index contributed by atoms with van der Waals surface area (Å²) in [5.74, 6) is -0.148. The van der Waals surface area contributed by atoms with E-state index in [4.69, 9.17) is 10.2 Å². The Morgan fingerprint density at radius 1 is 0.870 bits per heavy atom. The quantitative estimate of drug-likeness (QED) is 0.876. The van der Waals surface area contributed by atoms with Gasteiger partial charge >= 0.3 is 0 Å². The minimum atomic E-state index is -0.148. The molecule has 0 bridgehead atoms. The lowest BCUT2D eigenvalue weighted by atomic mass is 9.79. The maximum Gasteiger partial charge on any atom is 0.254 e. The molecule has 0 fully saturated rings. The molecule has 23 heavy (non-hydrogen) atoms. The molecule has 130 valence electrons. The molecule has 1 aromatic rings. The first kappa shape index (κ1) is 19.7. The highest BCUT2D eigenvalue weighted by Gasteiger charge is 2.24. The molecule has 0 spiro atoms. The number of amides is 1. The van der Waals surface area contributed by atoms with Crippen molar-refractivity contribution >= 4 is 5.91 Å². The Morgan fingerprint density at radius 3 is 1.57 bits per heavy atom. The average Bonchev–Trinajstić information content (AvgIpc) is 2.44. The minimum Gasteiger partial charge on any atom is -0.395 e. The number of benzene rings is 1. The van der Waals surface area contributed by atoms with Gasteiger partial charge in [-0.2, -0.15) is 0 Å². The highest BCUT2D eigenvalue weighted by molar-refractivity contribution is 5.94. The van der Waals surface area contributed by atoms with E-state index in [-0.39, 0.29) is 43.0 Å². The lowest BCUT2D eigenvalue weighted by Gasteiger charge is -2.27. The summed E-state index contributed by atoms with van der Waals surface area (Å²) in [6, 6.07) is 6.03. The second kappa shape index (κ2) is 7.45. The number of rotatable bonds is 5. The molecule has 0 aromatic heterocycles. The van der Waals surface area contributed by atoms with Crippen molar-refractivity contribution in [1.82, 2.24) is 4.90 Å². The smallest absolute Gasteiger partial charge is 0.254 e. The number of nitrogens with zero attached hydrogens (tertiary/aromatic N) is 1. The van der Waals surface area contributed by atoms with Crippen LogP contribution in [-0.2, 0) is 10.8 Å². The summed E-state index contributed by atoms with van der Waals surface area (Å²) in [7, 11) is 0. The third-order valence-electron chi connectivity index (χ3n) is 3.94. The molecule has 0 saturated carbocycles. The Labute approximate surface area is 140 Å². The van der Waals surface area contributed by atoms with Crippen LogP contribution in [0.1, 0.15) is 63.0 Å². The monoisotopic (exact) mass is 321 g/mol. The molecule has 1 rings (SSSR count). The van der Waals surface area contributed by atoms with Crippen LogP contribution in [-0.4, -0.2) is 47.3 Å². The largest absolute Gasteiger partial charge is 0.395 e. The van der Waals surface area contributed by atoms with Gasteiger partial charge in [0.25, 0.3) is 5.91 Å². The lowest BCUT2D eigenvalue weighted by molar-refractivity contribution is 0.0684. The fourth-order valence-electron chi connectivity index (χ4n) is 2.36. The average molecular weight is 321 g/mol. The topological polar surface area (TPSA) is 60.8 Å². The van der Waals surface area contributed by atoms with Crippen LogP contribution in [0.15, 0.2) is 18.2 Å². The van der Waals surface area contributed by atoms with Gasteiger partial charge in [-0.15, -0.1) is 0 Å². The molecule has 0 atom stereocenters. The minimum absolute atomic E-state index is 0.0604. The summed E-state index contributed by atoms with van der Waals surface area (Å²) in [4.78, 5) is 14.3. The Morgan fingerprint density at radius 2 is 1.26 bits per heavy atom. The molecule has 0 radical (unpaired) electrons. The summed E-state index contributed by atoms with van der Waals surface area (Å²) < 4.78 is 0. The van der Waals surface area contributed by atoms with Gasteiger partial charge in [-0.05, 0) is 34.1 Å². The first-order chi connectivity index (χ1) is 10.5. The number of carbonyl (C=O) groups is 1. The third kappa shape index (κ3) is 5.33. The summed E-state index contributed by atoms with van der Waals surface area (Å²) in [5, 5.41) is 18.3. The van der Waals surface area contributed by atoms with E-state index in [9.17, 15) is 4.79 Å². The van der Waals surface area contributed by atoms with Crippen LogP contribution in [0.25, 0.3) is 0 Å². The van der Waals surface area contributed by atoms with Crippen molar-refractivity contribution in [2.45, 2.75) is 52.4 Å². The first-order valence-electron chi connectivity index (χ1n) is 8.17. The molecule has 0 aliphatic heterocycles. The zero-order valence-electron chi connectivity index (χ0n) is 15.3. The Bertz CT molecular complexity index is 500. The van der Waals surface area contributed by atoms with Crippen LogP contribution in [0, 0.1) is 0 Å². The van der Waals surface area contributed by atoms with Crippen LogP contribution in [0.3, 0.4) is 0 Å². The number of carbonyl (C=O) groups excluding carboxylic acids is 1. The molecule has 4 heteroatoms. The second-order valence-corrected chi connectivity index (χ2v) is 8.04. The predicted octanol–water partition coefficient (Wildman–Crippen LogP) is 2.71. The standard InChI is InChI=1S/C19H31NO3/c1-18(2,3)15-11-14(12-16(13-15)19(4,5)6)17(23)20(7-9-21)8-10-22/h11-13,21-22H,7-10H2,1-6H3. The van der Waals surface area contributed by atoms with E-state index in [0.717, 1.165) is 11.1 Å². The van der Waals surface area contributed by atoms with Crippen molar-refractivity contribution in [3.8, 4) is 0 Å². The molecule has 0 heterocycles. The van der Waals surface area contributed by atoms with E-state index in [1.54, 1.807) is 0 Å². The van der Waals surface area contributed by atoms with Gasteiger partial charge in [-0.3, -0.25) is 4.79 Å². The van der Waals surface area contributed by atoms with Gasteiger partial charge in [0.2, 0.25) is 0 Å². The van der Waals surface area contributed by atoms with Crippen LogP contribution >= 0.6 is 0 Å². The Balaban J connectivity index is 3.36. The zero-order valence-corrected chi connectivity index (χ0v) is 15.3. The van der Waals surface area contributed by atoms with E-state index in [1.807, 2.05) is 12.1 Å². The van der Waals surface area contributed by atoms with Crippen LogP contribution in [0.4, 0.5) is 0 Å².